The van der Waals surface area contributed by atoms with Crippen molar-refractivity contribution in [1.29, 1.82) is 0 Å². The van der Waals surface area contributed by atoms with Crippen LogP contribution in [0.4, 0.5) is 8.78 Å². The normalized spacial score (nSPS) is 11.4. The van der Waals surface area contributed by atoms with E-state index in [2.05, 4.69) is 39.8 Å². The molecule has 0 fully saturated rings. The van der Waals surface area contributed by atoms with E-state index in [1.807, 2.05) is 6.07 Å². The van der Waals surface area contributed by atoms with Crippen LogP contribution in [0.5, 0.6) is 5.75 Å². The SMILES string of the molecule is CN=C(NCc1cccc(OCC(F)F)c1)NCc1nc(C(C)C)cs1.I. The average Bonchev–Trinajstić information content (AvgIpc) is 3.10. The van der Waals surface area contributed by atoms with E-state index in [-0.39, 0.29) is 24.0 Å². The van der Waals surface area contributed by atoms with Gasteiger partial charge in [0.05, 0.1) is 12.2 Å². The van der Waals surface area contributed by atoms with Crippen molar-refractivity contribution in [3.05, 3.63) is 45.9 Å². The van der Waals surface area contributed by atoms with E-state index in [4.69, 9.17) is 4.74 Å². The van der Waals surface area contributed by atoms with Gasteiger partial charge in [-0.05, 0) is 23.6 Å². The Labute approximate surface area is 179 Å². The van der Waals surface area contributed by atoms with Crippen molar-refractivity contribution >= 4 is 41.3 Å². The van der Waals surface area contributed by atoms with Gasteiger partial charge in [0.2, 0.25) is 0 Å². The van der Waals surface area contributed by atoms with Gasteiger partial charge in [-0.1, -0.05) is 26.0 Å². The van der Waals surface area contributed by atoms with Crippen molar-refractivity contribution in [1.82, 2.24) is 15.6 Å². The number of alkyl halides is 2. The second kappa shape index (κ2) is 12.1. The first-order valence-electron chi connectivity index (χ1n) is 8.36. The molecule has 0 bridgehead atoms. The summed E-state index contributed by atoms with van der Waals surface area (Å²) in [6.07, 6.45) is -2.48. The van der Waals surface area contributed by atoms with Gasteiger partial charge in [-0.15, -0.1) is 35.3 Å². The van der Waals surface area contributed by atoms with Crippen LogP contribution in [0, 0.1) is 0 Å². The summed E-state index contributed by atoms with van der Waals surface area (Å²) in [6, 6.07) is 7.06. The predicted octanol–water partition coefficient (Wildman–Crippen LogP) is 4.39. The standard InChI is InChI=1S/C18H24F2N4OS.HI/c1-12(2)15-11-26-17(24-15)9-23-18(21-3)22-8-13-5-4-6-14(7-13)25-10-16(19)20;/h4-7,11-12,16H,8-10H2,1-3H3,(H2,21,22,23);1H. The van der Waals surface area contributed by atoms with E-state index < -0.39 is 13.0 Å². The van der Waals surface area contributed by atoms with Gasteiger partial charge in [-0.2, -0.15) is 0 Å². The highest BCUT2D eigenvalue weighted by molar-refractivity contribution is 14.0. The lowest BCUT2D eigenvalue weighted by molar-refractivity contribution is 0.0818. The lowest BCUT2D eigenvalue weighted by Crippen LogP contribution is -2.36. The van der Waals surface area contributed by atoms with Gasteiger partial charge in [-0.25, -0.2) is 13.8 Å². The van der Waals surface area contributed by atoms with Gasteiger partial charge in [0.1, 0.15) is 17.4 Å². The van der Waals surface area contributed by atoms with Crippen LogP contribution in [-0.4, -0.2) is 31.0 Å². The topological polar surface area (TPSA) is 58.5 Å². The number of aromatic nitrogens is 1. The van der Waals surface area contributed by atoms with Gasteiger partial charge in [0.15, 0.2) is 5.96 Å². The number of halogens is 3. The van der Waals surface area contributed by atoms with Crippen molar-refractivity contribution in [3.63, 3.8) is 0 Å². The van der Waals surface area contributed by atoms with Crippen LogP contribution >= 0.6 is 35.3 Å². The van der Waals surface area contributed by atoms with E-state index >= 15 is 0 Å². The smallest absolute Gasteiger partial charge is 0.272 e. The van der Waals surface area contributed by atoms with Crippen molar-refractivity contribution < 1.29 is 13.5 Å². The zero-order valence-electron chi connectivity index (χ0n) is 15.5. The highest BCUT2D eigenvalue weighted by Gasteiger charge is 2.07. The maximum absolute atomic E-state index is 12.2. The summed E-state index contributed by atoms with van der Waals surface area (Å²) in [7, 11) is 1.69. The largest absolute Gasteiger partial charge is 0.488 e. The Morgan fingerprint density at radius 1 is 1.26 bits per heavy atom. The Morgan fingerprint density at radius 3 is 2.63 bits per heavy atom. The molecular weight excluding hydrogens is 485 g/mol. The van der Waals surface area contributed by atoms with Crippen LogP contribution in [0.15, 0.2) is 34.6 Å². The lowest BCUT2D eigenvalue weighted by atomic mass is 10.2. The number of hydrogen-bond acceptors (Lipinski definition) is 4. The molecule has 0 amide bonds. The summed E-state index contributed by atoms with van der Waals surface area (Å²) in [6.45, 7) is 4.72. The summed E-state index contributed by atoms with van der Waals surface area (Å²) in [5, 5.41) is 9.48. The highest BCUT2D eigenvalue weighted by atomic mass is 127. The Kier molecular flexibility index (Phi) is 10.5. The van der Waals surface area contributed by atoms with E-state index in [0.717, 1.165) is 16.3 Å². The number of guanidine groups is 1. The molecule has 0 saturated heterocycles. The minimum absolute atomic E-state index is 0. The number of benzene rings is 1. The van der Waals surface area contributed by atoms with Crippen LogP contribution in [0.1, 0.15) is 36.0 Å². The second-order valence-electron chi connectivity index (χ2n) is 5.95. The van der Waals surface area contributed by atoms with Gasteiger partial charge >= 0.3 is 0 Å². The van der Waals surface area contributed by atoms with Crippen molar-refractivity contribution in [2.24, 2.45) is 4.99 Å². The Bertz CT molecular complexity index is 725. The molecule has 1 aromatic carbocycles. The van der Waals surface area contributed by atoms with Gasteiger partial charge in [-0.3, -0.25) is 4.99 Å². The number of ether oxygens (including phenoxy) is 1. The maximum atomic E-state index is 12.2. The van der Waals surface area contributed by atoms with E-state index in [1.165, 1.54) is 0 Å². The number of nitrogens with one attached hydrogen (secondary N) is 2. The Morgan fingerprint density at radius 2 is 2.00 bits per heavy atom. The fourth-order valence-corrected chi connectivity index (χ4v) is 3.04. The van der Waals surface area contributed by atoms with E-state index in [1.54, 1.807) is 36.6 Å². The minimum atomic E-state index is -2.48. The molecule has 0 saturated carbocycles. The molecule has 2 rings (SSSR count). The van der Waals surface area contributed by atoms with Crippen LogP contribution in [0.2, 0.25) is 0 Å². The first kappa shape index (κ1) is 23.5. The van der Waals surface area contributed by atoms with Crippen molar-refractivity contribution in [2.75, 3.05) is 13.7 Å². The molecule has 27 heavy (non-hydrogen) atoms. The molecule has 0 radical (unpaired) electrons. The van der Waals surface area contributed by atoms with Crippen LogP contribution in [0.3, 0.4) is 0 Å². The molecule has 0 spiro atoms. The third kappa shape index (κ3) is 8.37. The number of thiazole rings is 1. The van der Waals surface area contributed by atoms with Gasteiger partial charge in [0.25, 0.3) is 6.43 Å². The Hall–Kier alpha value is -1.49. The predicted molar refractivity (Wildman–Crippen MR) is 117 cm³/mol. The lowest BCUT2D eigenvalue weighted by Gasteiger charge is -2.12. The first-order valence-corrected chi connectivity index (χ1v) is 9.24. The van der Waals surface area contributed by atoms with E-state index in [9.17, 15) is 8.78 Å². The average molecular weight is 510 g/mol. The maximum Gasteiger partial charge on any atom is 0.272 e. The number of nitrogens with zero attached hydrogens (tertiary/aromatic N) is 2. The molecule has 0 unspecified atom stereocenters. The molecule has 2 N–H and O–H groups in total. The van der Waals surface area contributed by atoms with Gasteiger partial charge in [0, 0.05) is 19.0 Å². The molecule has 1 aromatic heterocycles. The zero-order chi connectivity index (χ0) is 18.9. The zero-order valence-corrected chi connectivity index (χ0v) is 18.7. The summed E-state index contributed by atoms with van der Waals surface area (Å²) in [4.78, 5) is 8.76. The fourth-order valence-electron chi connectivity index (χ4n) is 2.14. The molecule has 2 aromatic rings. The third-order valence-corrected chi connectivity index (χ3v) is 4.39. The third-order valence-electron chi connectivity index (χ3n) is 3.53. The summed E-state index contributed by atoms with van der Waals surface area (Å²) >= 11 is 1.62. The Balaban J connectivity index is 0.00000364. The second-order valence-corrected chi connectivity index (χ2v) is 6.89. The molecule has 0 atom stereocenters. The van der Waals surface area contributed by atoms with E-state index in [0.29, 0.717) is 30.7 Å². The molecule has 150 valence electrons. The van der Waals surface area contributed by atoms with Crippen molar-refractivity contribution in [2.45, 2.75) is 39.3 Å². The molecule has 0 aliphatic heterocycles. The summed E-state index contributed by atoms with van der Waals surface area (Å²) in [5.41, 5.74) is 2.01. The minimum Gasteiger partial charge on any atom is -0.488 e. The monoisotopic (exact) mass is 510 g/mol. The van der Waals surface area contributed by atoms with Gasteiger partial charge < -0.3 is 15.4 Å². The number of rotatable bonds is 8. The molecular formula is C18H25F2IN4OS. The number of aliphatic imine (C=N–C) groups is 1. The molecule has 9 heteroatoms. The first-order chi connectivity index (χ1) is 12.5. The molecule has 1 heterocycles. The van der Waals surface area contributed by atoms with Crippen LogP contribution in [0.25, 0.3) is 0 Å². The molecule has 0 aliphatic carbocycles. The molecule has 0 aliphatic rings. The summed E-state index contributed by atoms with van der Waals surface area (Å²) in [5.74, 6) is 1.48. The van der Waals surface area contributed by atoms with Crippen LogP contribution in [-0.2, 0) is 13.1 Å². The van der Waals surface area contributed by atoms with Crippen molar-refractivity contribution in [3.8, 4) is 5.75 Å². The highest BCUT2D eigenvalue weighted by Crippen LogP contribution is 2.17. The molecule has 5 nitrogen and oxygen atoms in total. The fraction of sp³-hybridized carbons (Fsp3) is 0.444. The summed E-state index contributed by atoms with van der Waals surface area (Å²) < 4.78 is 29.5. The number of hydrogen-bond donors (Lipinski definition) is 2. The quantitative estimate of drug-likeness (QED) is 0.314. The van der Waals surface area contributed by atoms with Crippen LogP contribution < -0.4 is 15.4 Å².